The third kappa shape index (κ3) is 7.73. The average Bonchev–Trinajstić information content (AvgIpc) is 3.00. The van der Waals surface area contributed by atoms with Crippen molar-refractivity contribution in [2.24, 2.45) is 0 Å². The molecule has 4 aromatic rings. The molecule has 42 heavy (non-hydrogen) atoms. The topological polar surface area (TPSA) is 157 Å². The molecule has 0 aromatic heterocycles. The molecule has 210 valence electrons. The van der Waals surface area contributed by atoms with E-state index in [1.807, 2.05) is 19.1 Å². The number of esters is 1. The molecule has 3 N–H and O–H groups in total. The third-order valence-corrected chi connectivity index (χ3v) is 5.87. The molecule has 0 fully saturated rings. The van der Waals surface area contributed by atoms with Crippen LogP contribution >= 0.6 is 0 Å². The van der Waals surface area contributed by atoms with Crippen molar-refractivity contribution in [3.8, 4) is 5.75 Å². The Morgan fingerprint density at radius 2 is 1.33 bits per heavy atom. The first-order valence-electron chi connectivity index (χ1n) is 12.5. The summed E-state index contributed by atoms with van der Waals surface area (Å²) in [5.41, 5.74) is 7.20. The zero-order valence-electron chi connectivity index (χ0n) is 22.2. The van der Waals surface area contributed by atoms with E-state index in [9.17, 15) is 29.3 Å². The standard InChI is InChI=1S/C31H24N4O7/c1-20-6-8-22(9-7-20)29(37)32-25-15-10-23(11-16-25)30(38)34-33-28(36)19-14-21-4-2-3-5-27(21)42-31(39)24-12-17-26(18-13-24)35(40)41/h2-19H,1H3,(H,32,37)(H,33,36)(H,34,38)/b19-14+. The lowest BCUT2D eigenvalue weighted by Crippen LogP contribution is -2.40. The lowest BCUT2D eigenvalue weighted by atomic mass is 10.1. The Kier molecular flexibility index (Phi) is 9.16. The summed E-state index contributed by atoms with van der Waals surface area (Å²) in [5, 5.41) is 13.6. The molecule has 4 aromatic carbocycles. The molecule has 0 heterocycles. The highest BCUT2D eigenvalue weighted by Crippen LogP contribution is 2.22. The number of carbonyl (C=O) groups excluding carboxylic acids is 4. The van der Waals surface area contributed by atoms with Gasteiger partial charge in [0.05, 0.1) is 10.5 Å². The van der Waals surface area contributed by atoms with Gasteiger partial charge >= 0.3 is 5.97 Å². The molecule has 0 aliphatic heterocycles. The van der Waals surface area contributed by atoms with Crippen LogP contribution in [0.2, 0.25) is 0 Å². The Balaban J connectivity index is 1.30. The Labute approximate surface area is 240 Å². The fraction of sp³-hybridized carbons (Fsp3) is 0.0323. The number of rotatable bonds is 8. The summed E-state index contributed by atoms with van der Waals surface area (Å²) in [6.07, 6.45) is 2.54. The highest BCUT2D eigenvalue weighted by atomic mass is 16.6. The number of non-ortho nitro benzene ring substituents is 1. The van der Waals surface area contributed by atoms with Crippen molar-refractivity contribution in [1.82, 2.24) is 10.9 Å². The van der Waals surface area contributed by atoms with Crippen molar-refractivity contribution in [3.05, 3.63) is 141 Å². The summed E-state index contributed by atoms with van der Waals surface area (Å²) in [6, 6.07) is 24.6. The largest absolute Gasteiger partial charge is 0.422 e. The second-order valence-electron chi connectivity index (χ2n) is 8.91. The van der Waals surface area contributed by atoms with Gasteiger partial charge in [0.15, 0.2) is 0 Å². The van der Waals surface area contributed by atoms with E-state index in [4.69, 9.17) is 4.74 Å². The van der Waals surface area contributed by atoms with Gasteiger partial charge in [0.2, 0.25) is 0 Å². The van der Waals surface area contributed by atoms with E-state index < -0.39 is 22.7 Å². The minimum atomic E-state index is -0.733. The van der Waals surface area contributed by atoms with Crippen molar-refractivity contribution >= 4 is 41.1 Å². The number of hydrogen-bond acceptors (Lipinski definition) is 7. The number of hydrogen-bond donors (Lipinski definition) is 3. The summed E-state index contributed by atoms with van der Waals surface area (Å²) < 4.78 is 5.40. The maximum Gasteiger partial charge on any atom is 0.343 e. The van der Waals surface area contributed by atoms with E-state index in [1.165, 1.54) is 48.5 Å². The van der Waals surface area contributed by atoms with Gasteiger partial charge < -0.3 is 10.1 Å². The van der Waals surface area contributed by atoms with Gasteiger partial charge in [0.1, 0.15) is 5.75 Å². The first kappa shape index (κ1) is 28.9. The first-order chi connectivity index (χ1) is 20.2. The number of carbonyl (C=O) groups is 4. The monoisotopic (exact) mass is 564 g/mol. The van der Waals surface area contributed by atoms with Gasteiger partial charge in [-0.25, -0.2) is 4.79 Å². The van der Waals surface area contributed by atoms with Crippen LogP contribution in [0.4, 0.5) is 11.4 Å². The van der Waals surface area contributed by atoms with Gasteiger partial charge in [-0.15, -0.1) is 0 Å². The van der Waals surface area contributed by atoms with Gasteiger partial charge in [-0.2, -0.15) is 0 Å². The number of benzene rings is 4. The summed E-state index contributed by atoms with van der Waals surface area (Å²) in [6.45, 7) is 1.93. The van der Waals surface area contributed by atoms with Crippen LogP contribution in [-0.4, -0.2) is 28.6 Å². The third-order valence-electron chi connectivity index (χ3n) is 5.87. The zero-order valence-corrected chi connectivity index (χ0v) is 22.2. The van der Waals surface area contributed by atoms with Crippen LogP contribution in [0.1, 0.15) is 42.2 Å². The van der Waals surface area contributed by atoms with Gasteiger partial charge in [-0.05, 0) is 67.6 Å². The Morgan fingerprint density at radius 1 is 0.738 bits per heavy atom. The van der Waals surface area contributed by atoms with E-state index in [2.05, 4.69) is 16.2 Å². The lowest BCUT2D eigenvalue weighted by molar-refractivity contribution is -0.384. The second-order valence-corrected chi connectivity index (χ2v) is 8.91. The average molecular weight is 565 g/mol. The van der Waals surface area contributed by atoms with Crippen LogP contribution in [-0.2, 0) is 4.79 Å². The van der Waals surface area contributed by atoms with Crippen LogP contribution in [0.15, 0.2) is 103 Å². The molecular formula is C31H24N4O7. The van der Waals surface area contributed by atoms with Crippen molar-refractivity contribution < 1.29 is 28.8 Å². The molecular weight excluding hydrogens is 540 g/mol. The van der Waals surface area contributed by atoms with Gasteiger partial charge in [-0.1, -0.05) is 35.9 Å². The predicted molar refractivity (Wildman–Crippen MR) is 155 cm³/mol. The van der Waals surface area contributed by atoms with Crippen LogP contribution < -0.4 is 20.9 Å². The summed E-state index contributed by atoms with van der Waals surface area (Å²) in [5.74, 6) is -2.09. The maximum absolute atomic E-state index is 12.5. The van der Waals surface area contributed by atoms with E-state index in [-0.39, 0.29) is 28.5 Å². The van der Waals surface area contributed by atoms with E-state index in [0.717, 1.165) is 11.6 Å². The molecule has 0 aliphatic rings. The molecule has 4 rings (SSSR count). The minimum absolute atomic E-state index is 0.113. The normalized spacial score (nSPS) is 10.5. The number of ether oxygens (including phenoxy) is 1. The molecule has 0 radical (unpaired) electrons. The number of nitro groups is 1. The van der Waals surface area contributed by atoms with E-state index in [1.54, 1.807) is 42.5 Å². The number of aryl methyl sites for hydroxylation is 1. The smallest absolute Gasteiger partial charge is 0.343 e. The summed E-state index contributed by atoms with van der Waals surface area (Å²) in [7, 11) is 0. The molecule has 0 unspecified atom stereocenters. The number of nitrogens with one attached hydrogen (secondary N) is 3. The molecule has 11 heteroatoms. The minimum Gasteiger partial charge on any atom is -0.422 e. The van der Waals surface area contributed by atoms with E-state index >= 15 is 0 Å². The molecule has 11 nitrogen and oxygen atoms in total. The molecule has 0 bridgehead atoms. The summed E-state index contributed by atoms with van der Waals surface area (Å²) >= 11 is 0. The van der Waals surface area contributed by atoms with E-state index in [0.29, 0.717) is 16.8 Å². The van der Waals surface area contributed by atoms with Crippen molar-refractivity contribution in [1.29, 1.82) is 0 Å². The number of hydrazine groups is 1. The van der Waals surface area contributed by atoms with Crippen LogP contribution in [0.3, 0.4) is 0 Å². The number of nitrogens with zero attached hydrogens (tertiary/aromatic N) is 1. The van der Waals surface area contributed by atoms with Crippen molar-refractivity contribution in [3.63, 3.8) is 0 Å². The highest BCUT2D eigenvalue weighted by molar-refractivity contribution is 6.04. The van der Waals surface area contributed by atoms with Crippen LogP contribution in [0.5, 0.6) is 5.75 Å². The van der Waals surface area contributed by atoms with Gasteiger partial charge in [-0.3, -0.25) is 35.3 Å². The molecule has 0 saturated carbocycles. The highest BCUT2D eigenvalue weighted by Gasteiger charge is 2.13. The molecule has 0 saturated heterocycles. The Morgan fingerprint density at radius 3 is 2.00 bits per heavy atom. The Hall–Kier alpha value is -6.10. The molecule has 0 atom stereocenters. The van der Waals surface area contributed by atoms with Crippen molar-refractivity contribution in [2.75, 3.05) is 5.32 Å². The number of nitro benzene ring substituents is 1. The second kappa shape index (κ2) is 13.3. The summed E-state index contributed by atoms with van der Waals surface area (Å²) in [4.78, 5) is 59.8. The number of amides is 3. The van der Waals surface area contributed by atoms with Crippen LogP contribution in [0.25, 0.3) is 6.08 Å². The fourth-order valence-electron chi connectivity index (χ4n) is 3.60. The first-order valence-corrected chi connectivity index (χ1v) is 12.5. The number of para-hydroxylation sites is 1. The SMILES string of the molecule is Cc1ccc(C(=O)Nc2ccc(C(=O)NNC(=O)/C=C/c3ccccc3OC(=O)c3ccc([N+](=O)[O-])cc3)cc2)cc1. The molecule has 0 spiro atoms. The van der Waals surface area contributed by atoms with Gasteiger partial charge in [0, 0.05) is 40.6 Å². The van der Waals surface area contributed by atoms with Gasteiger partial charge in [0.25, 0.3) is 23.4 Å². The number of anilines is 1. The van der Waals surface area contributed by atoms with Crippen LogP contribution in [0, 0.1) is 17.0 Å². The van der Waals surface area contributed by atoms with Crippen molar-refractivity contribution in [2.45, 2.75) is 6.92 Å². The molecule has 3 amide bonds. The predicted octanol–water partition coefficient (Wildman–Crippen LogP) is 4.85. The molecule has 0 aliphatic carbocycles. The maximum atomic E-state index is 12.5. The quantitative estimate of drug-likeness (QED) is 0.0908. The zero-order chi connectivity index (χ0) is 30.1. The fourth-order valence-corrected chi connectivity index (χ4v) is 3.60. The lowest BCUT2D eigenvalue weighted by Gasteiger charge is -2.09. The Bertz CT molecular complexity index is 1660.